The van der Waals surface area contributed by atoms with E-state index in [0.717, 1.165) is 4.57 Å². The van der Waals surface area contributed by atoms with Gasteiger partial charge in [-0.25, -0.2) is 14.4 Å². The maximum absolute atomic E-state index is 12.2. The van der Waals surface area contributed by atoms with Crippen molar-refractivity contribution in [2.45, 2.75) is 38.5 Å². The number of unbranched alkanes of at least 4 members (excludes halogenated alkanes) is 1. The van der Waals surface area contributed by atoms with Gasteiger partial charge in [0.25, 0.3) is 0 Å². The molecule has 0 aliphatic heterocycles. The first-order valence-electron chi connectivity index (χ1n) is 10.7. The molecule has 14 heteroatoms. The molecule has 0 aliphatic rings. The number of hydrogen-bond donors (Lipinski definition) is 7. The molecule has 1 aromatic carbocycles. The van der Waals surface area contributed by atoms with E-state index in [1.165, 1.54) is 0 Å². The number of carboxylic acids is 1. The minimum absolute atomic E-state index is 0.0252. The first-order chi connectivity index (χ1) is 16.7. The Bertz CT molecular complexity index is 1090. The number of aromatic nitrogens is 2. The van der Waals surface area contributed by atoms with Crippen LogP contribution in [0.5, 0.6) is 5.88 Å². The van der Waals surface area contributed by atoms with E-state index in [1.54, 1.807) is 30.3 Å². The van der Waals surface area contributed by atoms with Crippen LogP contribution in [0.2, 0.25) is 0 Å². The summed E-state index contributed by atoms with van der Waals surface area (Å²) in [7, 11) is 0. The second kappa shape index (κ2) is 13.3. The van der Waals surface area contributed by atoms with Crippen molar-refractivity contribution < 1.29 is 29.3 Å². The molecule has 2 amide bonds. The van der Waals surface area contributed by atoms with Crippen LogP contribution in [-0.4, -0.2) is 62.8 Å². The number of aryl methyl sites for hydroxylation is 1. The Hall–Kier alpha value is -4.49. The van der Waals surface area contributed by atoms with Gasteiger partial charge in [0, 0.05) is 13.1 Å². The van der Waals surface area contributed by atoms with Gasteiger partial charge in [0.2, 0.25) is 11.8 Å². The van der Waals surface area contributed by atoms with Crippen LogP contribution in [0.1, 0.15) is 24.1 Å². The molecule has 2 rings (SSSR count). The van der Waals surface area contributed by atoms with Crippen molar-refractivity contribution >= 4 is 23.9 Å². The first kappa shape index (κ1) is 26.8. The highest BCUT2D eigenvalue weighted by molar-refractivity contribution is 5.82. The summed E-state index contributed by atoms with van der Waals surface area (Å²) in [4.78, 5) is 54.0. The van der Waals surface area contributed by atoms with Crippen molar-refractivity contribution in [3.8, 4) is 5.88 Å². The zero-order valence-electron chi connectivity index (χ0n) is 18.9. The fourth-order valence-electron chi connectivity index (χ4n) is 2.98. The molecule has 1 aromatic heterocycles. The normalized spacial score (nSPS) is 11.3. The third kappa shape index (κ3) is 9.11. The summed E-state index contributed by atoms with van der Waals surface area (Å²) in [5, 5.41) is 24.0. The number of amides is 2. The predicted molar refractivity (Wildman–Crippen MR) is 125 cm³/mol. The minimum atomic E-state index is -1.47. The fraction of sp³-hybridized carbons (Fsp3) is 0.381. The van der Waals surface area contributed by atoms with Gasteiger partial charge < -0.3 is 42.0 Å². The molecule has 190 valence electrons. The number of nitrogens with one attached hydrogen (secondary N) is 3. The smallest absolute Gasteiger partial charge is 0.408 e. The van der Waals surface area contributed by atoms with Crippen molar-refractivity contribution in [1.82, 2.24) is 20.2 Å². The molecule has 35 heavy (non-hydrogen) atoms. The Labute approximate surface area is 200 Å². The van der Waals surface area contributed by atoms with Crippen LogP contribution >= 0.6 is 0 Å². The second-order valence-electron chi connectivity index (χ2n) is 7.48. The molecule has 0 saturated heterocycles. The highest BCUT2D eigenvalue weighted by atomic mass is 16.5. The van der Waals surface area contributed by atoms with E-state index >= 15 is 0 Å². The number of carboxylic acid groups (broad SMARTS) is 1. The summed E-state index contributed by atoms with van der Waals surface area (Å²) in [5.41, 5.74) is 10.7. The van der Waals surface area contributed by atoms with Crippen molar-refractivity contribution in [2.24, 2.45) is 16.5 Å². The third-order valence-electron chi connectivity index (χ3n) is 4.77. The molecule has 0 radical (unpaired) electrons. The number of aromatic amines is 1. The fourth-order valence-corrected chi connectivity index (χ4v) is 2.98. The Morgan fingerprint density at radius 2 is 1.89 bits per heavy atom. The van der Waals surface area contributed by atoms with Crippen molar-refractivity contribution in [3.05, 3.63) is 52.1 Å². The topological polar surface area (TPSA) is 227 Å². The number of imidazole rings is 1. The molecule has 0 aliphatic carbocycles. The molecule has 9 N–H and O–H groups in total. The van der Waals surface area contributed by atoms with E-state index in [9.17, 15) is 29.4 Å². The van der Waals surface area contributed by atoms with Gasteiger partial charge in [0.05, 0.1) is 5.69 Å². The summed E-state index contributed by atoms with van der Waals surface area (Å²) < 4.78 is 5.79. The van der Waals surface area contributed by atoms with E-state index in [-0.39, 0.29) is 18.3 Å². The standard InChI is InChI=1S/C21H29N7O7/c22-19(23)24-9-5-4-8-14-17(30)28(20(33)26-14)11-16(29)25-10-15(18(31)32)27-21(34)35-12-13-6-2-1-3-7-13/h1-3,6-7,15,30H,4-5,8-12H2,(H,25,29)(H,26,33)(H,27,34)(H,31,32)(H4,22,23,24). The van der Waals surface area contributed by atoms with E-state index in [0.29, 0.717) is 31.4 Å². The van der Waals surface area contributed by atoms with Gasteiger partial charge in [-0.05, 0) is 24.8 Å². The number of aromatic hydroxyl groups is 1. The predicted octanol–water partition coefficient (Wildman–Crippen LogP) is -1.03. The highest BCUT2D eigenvalue weighted by Crippen LogP contribution is 2.15. The molecule has 0 saturated carbocycles. The lowest BCUT2D eigenvalue weighted by molar-refractivity contribution is -0.139. The van der Waals surface area contributed by atoms with Crippen LogP contribution in [0, 0.1) is 0 Å². The largest absolute Gasteiger partial charge is 0.493 e. The molecule has 1 heterocycles. The van der Waals surface area contributed by atoms with Crippen LogP contribution in [0.4, 0.5) is 4.79 Å². The summed E-state index contributed by atoms with van der Waals surface area (Å²) in [5.74, 6) is -2.56. The third-order valence-corrected chi connectivity index (χ3v) is 4.77. The van der Waals surface area contributed by atoms with Gasteiger partial charge >= 0.3 is 17.8 Å². The van der Waals surface area contributed by atoms with Crippen LogP contribution < -0.4 is 27.8 Å². The zero-order chi connectivity index (χ0) is 25.8. The van der Waals surface area contributed by atoms with Crippen LogP contribution in [0.15, 0.2) is 40.1 Å². The van der Waals surface area contributed by atoms with E-state index in [4.69, 9.17) is 16.2 Å². The number of aliphatic carboxylic acids is 1. The number of carbonyl (C=O) groups excluding carboxylic acids is 2. The molecule has 0 bridgehead atoms. The number of benzene rings is 1. The first-order valence-corrected chi connectivity index (χ1v) is 10.7. The lowest BCUT2D eigenvalue weighted by Gasteiger charge is -2.15. The number of carbonyl (C=O) groups is 3. The number of nitrogens with two attached hydrogens (primary N) is 2. The number of alkyl carbamates (subject to hydrolysis) is 1. The van der Waals surface area contributed by atoms with Crippen molar-refractivity contribution in [3.63, 3.8) is 0 Å². The summed E-state index contributed by atoms with van der Waals surface area (Å²) in [6, 6.07) is 7.32. The lowest BCUT2D eigenvalue weighted by Crippen LogP contribution is -2.49. The number of nitrogens with zero attached hydrogens (tertiary/aromatic N) is 2. The molecule has 1 atom stereocenters. The van der Waals surface area contributed by atoms with Gasteiger partial charge in [0.15, 0.2) is 5.96 Å². The van der Waals surface area contributed by atoms with E-state index in [2.05, 4.69) is 20.6 Å². The molecular weight excluding hydrogens is 462 g/mol. The Kier molecular flexibility index (Phi) is 10.1. The zero-order valence-corrected chi connectivity index (χ0v) is 18.9. The molecule has 2 aromatic rings. The summed E-state index contributed by atoms with van der Waals surface area (Å²) in [6.07, 6.45) is 0.538. The SMILES string of the molecule is NC(N)=NCCCCc1[nH]c(=O)n(CC(=O)NCC(NC(=O)OCc2ccccc2)C(=O)O)c1O. The molecule has 1 unspecified atom stereocenters. The summed E-state index contributed by atoms with van der Waals surface area (Å²) >= 11 is 0. The monoisotopic (exact) mass is 491 g/mol. The number of H-pyrrole nitrogens is 1. The molecule has 0 spiro atoms. The number of guanidine groups is 1. The van der Waals surface area contributed by atoms with E-state index in [1.807, 2.05) is 0 Å². The Morgan fingerprint density at radius 3 is 2.54 bits per heavy atom. The highest BCUT2D eigenvalue weighted by Gasteiger charge is 2.22. The summed E-state index contributed by atoms with van der Waals surface area (Å²) in [6.45, 7) is -0.682. The number of aliphatic imine (C=N–C) groups is 1. The minimum Gasteiger partial charge on any atom is -0.493 e. The van der Waals surface area contributed by atoms with E-state index < -0.39 is 48.7 Å². The lowest BCUT2D eigenvalue weighted by atomic mass is 10.2. The number of rotatable bonds is 13. The van der Waals surface area contributed by atoms with Crippen molar-refractivity contribution in [2.75, 3.05) is 13.1 Å². The van der Waals surface area contributed by atoms with Crippen LogP contribution in [0.25, 0.3) is 0 Å². The number of ether oxygens (including phenoxy) is 1. The van der Waals surface area contributed by atoms with Gasteiger partial charge in [0.1, 0.15) is 19.2 Å². The molecular formula is C21H29N7O7. The maximum atomic E-state index is 12.2. The maximum Gasteiger partial charge on any atom is 0.408 e. The molecule has 0 fully saturated rings. The van der Waals surface area contributed by atoms with Gasteiger partial charge in [-0.2, -0.15) is 0 Å². The molecule has 14 nitrogen and oxygen atoms in total. The average molecular weight is 492 g/mol. The second-order valence-corrected chi connectivity index (χ2v) is 7.48. The van der Waals surface area contributed by atoms with Gasteiger partial charge in [-0.15, -0.1) is 0 Å². The van der Waals surface area contributed by atoms with Gasteiger partial charge in [-0.3, -0.25) is 14.4 Å². The van der Waals surface area contributed by atoms with Gasteiger partial charge in [-0.1, -0.05) is 30.3 Å². The van der Waals surface area contributed by atoms with Crippen molar-refractivity contribution in [1.29, 1.82) is 0 Å². The number of hydrogen-bond acceptors (Lipinski definition) is 7. The quantitative estimate of drug-likeness (QED) is 0.103. The Morgan fingerprint density at radius 1 is 1.17 bits per heavy atom. The average Bonchev–Trinajstić information content (AvgIpc) is 3.08. The van der Waals surface area contributed by atoms with Crippen LogP contribution in [0.3, 0.4) is 0 Å². The van der Waals surface area contributed by atoms with Crippen LogP contribution in [-0.2, 0) is 33.9 Å². The Balaban J connectivity index is 1.83.